The predicted octanol–water partition coefficient (Wildman–Crippen LogP) is 1.31. The van der Waals surface area contributed by atoms with E-state index in [1.807, 2.05) is 40.1 Å². The summed E-state index contributed by atoms with van der Waals surface area (Å²) >= 11 is 0. The van der Waals surface area contributed by atoms with Crippen LogP contribution < -0.4 is 16.4 Å². The minimum Gasteiger partial charge on any atom is -0.350 e. The SMILES string of the molecule is CC(C)[C@H](N)C(=O)NCC(=O)NCc1cccc(CN(C)C)c1.Cl.Cl. The molecule has 1 atom stereocenters. The molecule has 8 heteroatoms. The van der Waals surface area contributed by atoms with E-state index in [9.17, 15) is 9.59 Å². The smallest absolute Gasteiger partial charge is 0.239 e. The minimum atomic E-state index is -0.592. The van der Waals surface area contributed by atoms with Crippen molar-refractivity contribution in [3.05, 3.63) is 35.4 Å². The molecular formula is C17H30Cl2N4O2. The van der Waals surface area contributed by atoms with Gasteiger partial charge in [-0.2, -0.15) is 0 Å². The van der Waals surface area contributed by atoms with Gasteiger partial charge in [0.05, 0.1) is 12.6 Å². The Morgan fingerprint density at radius 1 is 1.12 bits per heavy atom. The van der Waals surface area contributed by atoms with Gasteiger partial charge in [0, 0.05) is 13.1 Å². The highest BCUT2D eigenvalue weighted by atomic mass is 35.5. The van der Waals surface area contributed by atoms with Crippen LogP contribution in [0.15, 0.2) is 24.3 Å². The molecule has 0 aliphatic heterocycles. The number of nitrogens with one attached hydrogen (secondary N) is 2. The molecule has 4 N–H and O–H groups in total. The van der Waals surface area contributed by atoms with Crippen LogP contribution in [-0.2, 0) is 22.7 Å². The van der Waals surface area contributed by atoms with E-state index in [0.717, 1.165) is 12.1 Å². The number of hydrogen-bond donors (Lipinski definition) is 3. The first kappa shape index (κ1) is 25.9. The number of nitrogens with zero attached hydrogens (tertiary/aromatic N) is 1. The van der Waals surface area contributed by atoms with Crippen LogP contribution >= 0.6 is 24.8 Å². The summed E-state index contributed by atoms with van der Waals surface area (Å²) in [6, 6.07) is 7.47. The summed E-state index contributed by atoms with van der Waals surface area (Å²) in [5, 5.41) is 5.35. The first-order valence-electron chi connectivity index (χ1n) is 7.82. The number of hydrogen-bond acceptors (Lipinski definition) is 4. The molecule has 0 unspecified atom stereocenters. The van der Waals surface area contributed by atoms with Gasteiger partial charge in [-0.15, -0.1) is 24.8 Å². The van der Waals surface area contributed by atoms with Crippen molar-refractivity contribution in [1.29, 1.82) is 0 Å². The predicted molar refractivity (Wildman–Crippen MR) is 106 cm³/mol. The van der Waals surface area contributed by atoms with E-state index in [1.54, 1.807) is 0 Å². The van der Waals surface area contributed by atoms with Gasteiger partial charge in [0.2, 0.25) is 11.8 Å². The summed E-state index contributed by atoms with van der Waals surface area (Å²) in [7, 11) is 4.03. The molecule has 6 nitrogen and oxygen atoms in total. The van der Waals surface area contributed by atoms with Crippen molar-refractivity contribution in [2.24, 2.45) is 11.7 Å². The van der Waals surface area contributed by atoms with E-state index in [-0.39, 0.29) is 49.1 Å². The van der Waals surface area contributed by atoms with Crippen LogP contribution in [0.5, 0.6) is 0 Å². The zero-order valence-electron chi connectivity index (χ0n) is 15.2. The summed E-state index contributed by atoms with van der Waals surface area (Å²) in [6.07, 6.45) is 0. The Labute approximate surface area is 162 Å². The fourth-order valence-electron chi connectivity index (χ4n) is 2.05. The van der Waals surface area contributed by atoms with Crippen molar-refractivity contribution in [3.63, 3.8) is 0 Å². The molecule has 2 amide bonds. The Balaban J connectivity index is 0. The average molecular weight is 393 g/mol. The zero-order valence-corrected chi connectivity index (χ0v) is 16.9. The molecule has 1 aromatic rings. The number of benzene rings is 1. The van der Waals surface area contributed by atoms with Crippen LogP contribution in [0.3, 0.4) is 0 Å². The molecule has 0 spiro atoms. The molecule has 0 aromatic heterocycles. The molecule has 25 heavy (non-hydrogen) atoms. The highest BCUT2D eigenvalue weighted by Crippen LogP contribution is 2.06. The lowest BCUT2D eigenvalue weighted by Gasteiger charge is -2.15. The second-order valence-electron chi connectivity index (χ2n) is 6.32. The van der Waals surface area contributed by atoms with Gasteiger partial charge in [-0.1, -0.05) is 38.1 Å². The van der Waals surface area contributed by atoms with Crippen LogP contribution in [0.4, 0.5) is 0 Å². The van der Waals surface area contributed by atoms with Crippen molar-refractivity contribution >= 4 is 36.6 Å². The van der Waals surface area contributed by atoms with E-state index < -0.39 is 6.04 Å². The van der Waals surface area contributed by atoms with Gasteiger partial charge in [-0.05, 0) is 31.1 Å². The fourth-order valence-corrected chi connectivity index (χ4v) is 2.05. The first-order valence-corrected chi connectivity index (χ1v) is 7.82. The standard InChI is InChI=1S/C17H28N4O2.2ClH/c1-12(2)16(18)17(23)20-10-15(22)19-9-13-6-5-7-14(8-13)11-21(3)4;;/h5-8,12,16H,9-11,18H2,1-4H3,(H,19,22)(H,20,23);2*1H/t16-;;/m0../s1. The Bertz CT molecular complexity index is 539. The van der Waals surface area contributed by atoms with Gasteiger partial charge in [-0.3, -0.25) is 9.59 Å². The minimum absolute atomic E-state index is 0. The molecular weight excluding hydrogens is 363 g/mol. The molecule has 0 saturated heterocycles. The van der Waals surface area contributed by atoms with Gasteiger partial charge >= 0.3 is 0 Å². The fraction of sp³-hybridized carbons (Fsp3) is 0.529. The van der Waals surface area contributed by atoms with Gasteiger partial charge < -0.3 is 21.3 Å². The molecule has 1 aromatic carbocycles. The van der Waals surface area contributed by atoms with E-state index in [1.165, 1.54) is 5.56 Å². The van der Waals surface area contributed by atoms with E-state index in [4.69, 9.17) is 5.73 Å². The Morgan fingerprint density at radius 3 is 2.28 bits per heavy atom. The van der Waals surface area contributed by atoms with Crippen molar-refractivity contribution < 1.29 is 9.59 Å². The normalized spacial score (nSPS) is 11.3. The van der Waals surface area contributed by atoms with Crippen molar-refractivity contribution in [2.45, 2.75) is 33.0 Å². The maximum absolute atomic E-state index is 11.8. The van der Waals surface area contributed by atoms with Gasteiger partial charge in [-0.25, -0.2) is 0 Å². The third-order valence-electron chi connectivity index (χ3n) is 3.42. The van der Waals surface area contributed by atoms with Crippen LogP contribution in [-0.4, -0.2) is 43.4 Å². The molecule has 0 heterocycles. The lowest BCUT2D eigenvalue weighted by Crippen LogP contribution is -2.47. The zero-order chi connectivity index (χ0) is 17.4. The summed E-state index contributed by atoms with van der Waals surface area (Å²) < 4.78 is 0. The number of carbonyl (C=O) groups is 2. The topological polar surface area (TPSA) is 87.5 Å². The molecule has 0 bridgehead atoms. The maximum atomic E-state index is 11.8. The lowest BCUT2D eigenvalue weighted by molar-refractivity contribution is -0.127. The number of amides is 2. The lowest BCUT2D eigenvalue weighted by atomic mass is 10.1. The molecule has 144 valence electrons. The highest BCUT2D eigenvalue weighted by molar-refractivity contribution is 5.87. The number of halogens is 2. The van der Waals surface area contributed by atoms with Crippen molar-refractivity contribution in [1.82, 2.24) is 15.5 Å². The molecule has 1 rings (SSSR count). The largest absolute Gasteiger partial charge is 0.350 e. The molecule has 0 aliphatic carbocycles. The highest BCUT2D eigenvalue weighted by Gasteiger charge is 2.17. The maximum Gasteiger partial charge on any atom is 0.239 e. The Hall–Kier alpha value is -1.34. The quantitative estimate of drug-likeness (QED) is 0.622. The average Bonchev–Trinajstić information content (AvgIpc) is 2.49. The number of rotatable bonds is 8. The Kier molecular flexibility index (Phi) is 13.4. The molecule has 0 saturated carbocycles. The van der Waals surface area contributed by atoms with Crippen LogP contribution in [0.1, 0.15) is 25.0 Å². The van der Waals surface area contributed by atoms with Crippen LogP contribution in [0.2, 0.25) is 0 Å². The second-order valence-corrected chi connectivity index (χ2v) is 6.32. The van der Waals surface area contributed by atoms with E-state index in [2.05, 4.69) is 27.7 Å². The third kappa shape index (κ3) is 10.3. The second kappa shape index (κ2) is 12.9. The molecule has 0 aliphatic rings. The summed E-state index contributed by atoms with van der Waals surface area (Å²) in [4.78, 5) is 25.6. The number of nitrogens with two attached hydrogens (primary N) is 1. The molecule has 0 fully saturated rings. The van der Waals surface area contributed by atoms with E-state index >= 15 is 0 Å². The summed E-state index contributed by atoms with van der Waals surface area (Å²) in [5.74, 6) is -0.493. The summed E-state index contributed by atoms with van der Waals surface area (Å²) in [5.41, 5.74) is 7.94. The van der Waals surface area contributed by atoms with Gasteiger partial charge in [0.1, 0.15) is 0 Å². The van der Waals surface area contributed by atoms with Gasteiger partial charge in [0.15, 0.2) is 0 Å². The number of carbonyl (C=O) groups excluding carboxylic acids is 2. The first-order chi connectivity index (χ1) is 10.8. The van der Waals surface area contributed by atoms with E-state index in [0.29, 0.717) is 6.54 Å². The summed E-state index contributed by atoms with van der Waals surface area (Å²) in [6.45, 7) is 4.96. The molecule has 0 radical (unpaired) electrons. The van der Waals surface area contributed by atoms with Crippen LogP contribution in [0, 0.1) is 5.92 Å². The van der Waals surface area contributed by atoms with Crippen LogP contribution in [0.25, 0.3) is 0 Å². The monoisotopic (exact) mass is 392 g/mol. The van der Waals surface area contributed by atoms with Crippen molar-refractivity contribution in [2.75, 3.05) is 20.6 Å². The Morgan fingerprint density at radius 2 is 1.72 bits per heavy atom. The van der Waals surface area contributed by atoms with Gasteiger partial charge in [0.25, 0.3) is 0 Å². The van der Waals surface area contributed by atoms with Crippen molar-refractivity contribution in [3.8, 4) is 0 Å². The third-order valence-corrected chi connectivity index (χ3v) is 3.42.